The largest absolute Gasteiger partial charge is 0.444 e. The number of rotatable bonds is 4. The summed E-state index contributed by atoms with van der Waals surface area (Å²) < 4.78 is 19.9. The van der Waals surface area contributed by atoms with Crippen molar-refractivity contribution in [3.05, 3.63) is 11.8 Å². The number of alkyl carbamates (subject to hydrolysis) is 1. The van der Waals surface area contributed by atoms with Crippen LogP contribution in [0.2, 0.25) is 0 Å². The van der Waals surface area contributed by atoms with Gasteiger partial charge in [0.2, 0.25) is 0 Å². The Hall–Kier alpha value is -1.04. The van der Waals surface area contributed by atoms with Crippen molar-refractivity contribution < 1.29 is 13.7 Å². The van der Waals surface area contributed by atoms with Gasteiger partial charge >= 0.3 is 6.09 Å². The summed E-state index contributed by atoms with van der Waals surface area (Å²) in [5.41, 5.74) is 0.523. The molecule has 0 aliphatic heterocycles. The molecule has 2 N–H and O–H groups in total. The van der Waals surface area contributed by atoms with Gasteiger partial charge in [-0.25, -0.2) is 9.00 Å². The highest BCUT2D eigenvalue weighted by Crippen LogP contribution is 2.17. The Kier molecular flexibility index (Phi) is 6.05. The highest BCUT2D eigenvalue weighted by atomic mass is 32.2. The van der Waals surface area contributed by atoms with Crippen LogP contribution in [0.15, 0.2) is 11.8 Å². The first-order valence-electron chi connectivity index (χ1n) is 7.03. The van der Waals surface area contributed by atoms with Gasteiger partial charge in [-0.3, -0.25) is 0 Å². The molecule has 1 aliphatic rings. The van der Waals surface area contributed by atoms with E-state index in [1.165, 1.54) is 0 Å². The van der Waals surface area contributed by atoms with Crippen molar-refractivity contribution >= 4 is 17.1 Å². The third-order valence-electron chi connectivity index (χ3n) is 2.79. The summed E-state index contributed by atoms with van der Waals surface area (Å²) in [6.45, 7) is 9.36. The molecule has 1 rings (SSSR count). The van der Waals surface area contributed by atoms with Crippen molar-refractivity contribution in [2.45, 2.75) is 70.8 Å². The monoisotopic (exact) mass is 302 g/mol. The third kappa shape index (κ3) is 6.41. The van der Waals surface area contributed by atoms with E-state index in [-0.39, 0.29) is 17.4 Å². The number of carbonyl (C=O) groups is 1. The normalized spacial score (nSPS) is 21.1. The van der Waals surface area contributed by atoms with E-state index in [4.69, 9.17) is 4.74 Å². The number of hydrogen-bond acceptors (Lipinski definition) is 3. The van der Waals surface area contributed by atoms with Gasteiger partial charge in [0.05, 0.1) is 0 Å². The maximum Gasteiger partial charge on any atom is 0.407 e. The molecule has 6 heteroatoms. The lowest BCUT2D eigenvalue weighted by Crippen LogP contribution is -2.40. The van der Waals surface area contributed by atoms with Gasteiger partial charge in [0.1, 0.15) is 16.6 Å². The molecule has 0 fully saturated rings. The van der Waals surface area contributed by atoms with Crippen molar-refractivity contribution in [1.82, 2.24) is 10.0 Å². The van der Waals surface area contributed by atoms with Crippen LogP contribution in [-0.4, -0.2) is 27.2 Å². The van der Waals surface area contributed by atoms with Crippen molar-refractivity contribution in [3.8, 4) is 0 Å². The van der Waals surface area contributed by atoms with Crippen LogP contribution in [0.1, 0.15) is 53.9 Å². The fraction of sp³-hybridized carbons (Fsp3) is 0.786. The third-order valence-corrected chi connectivity index (χ3v) is 4.11. The SMILES string of the molecule is CC(C)S(=O)NC1=CCC(NC(=O)OC(C)(C)C)CC1. The van der Waals surface area contributed by atoms with Gasteiger partial charge in [0.25, 0.3) is 0 Å². The van der Waals surface area contributed by atoms with Gasteiger partial charge in [-0.05, 0) is 53.9 Å². The smallest absolute Gasteiger partial charge is 0.407 e. The van der Waals surface area contributed by atoms with Crippen molar-refractivity contribution in [2.75, 3.05) is 0 Å². The van der Waals surface area contributed by atoms with Gasteiger partial charge in [-0.15, -0.1) is 0 Å². The molecule has 20 heavy (non-hydrogen) atoms. The van der Waals surface area contributed by atoms with Crippen molar-refractivity contribution in [2.24, 2.45) is 0 Å². The average molecular weight is 302 g/mol. The number of allylic oxidation sites excluding steroid dienone is 1. The Balaban J connectivity index is 2.39. The van der Waals surface area contributed by atoms with E-state index < -0.39 is 16.6 Å². The van der Waals surface area contributed by atoms with Crippen LogP contribution in [0.5, 0.6) is 0 Å². The summed E-state index contributed by atoms with van der Waals surface area (Å²) in [7, 11) is -1.03. The lowest BCUT2D eigenvalue weighted by molar-refractivity contribution is 0.0501. The second-order valence-electron chi connectivity index (χ2n) is 6.30. The molecule has 0 saturated carbocycles. The van der Waals surface area contributed by atoms with E-state index in [0.29, 0.717) is 0 Å². The Morgan fingerprint density at radius 2 is 2.10 bits per heavy atom. The predicted molar refractivity (Wildman–Crippen MR) is 81.5 cm³/mol. The molecule has 0 saturated heterocycles. The van der Waals surface area contributed by atoms with Gasteiger partial charge in [-0.2, -0.15) is 0 Å². The van der Waals surface area contributed by atoms with Crippen LogP contribution in [0, 0.1) is 0 Å². The van der Waals surface area contributed by atoms with Crippen LogP contribution >= 0.6 is 0 Å². The first kappa shape index (κ1) is 17.0. The van der Waals surface area contributed by atoms with Crippen molar-refractivity contribution in [3.63, 3.8) is 0 Å². The Bertz CT molecular complexity index is 400. The number of amides is 1. The van der Waals surface area contributed by atoms with E-state index in [1.54, 1.807) is 0 Å². The number of carbonyl (C=O) groups excluding carboxylic acids is 1. The van der Waals surface area contributed by atoms with E-state index >= 15 is 0 Å². The molecule has 0 aromatic heterocycles. The second-order valence-corrected chi connectivity index (χ2v) is 8.04. The zero-order chi connectivity index (χ0) is 15.3. The zero-order valence-corrected chi connectivity index (χ0v) is 13.8. The lowest BCUT2D eigenvalue weighted by atomic mass is 10.00. The molecule has 0 aromatic carbocycles. The summed E-state index contributed by atoms with van der Waals surface area (Å²) in [6, 6.07) is 0.0860. The molecule has 1 aliphatic carbocycles. The minimum atomic E-state index is -1.03. The Morgan fingerprint density at radius 1 is 1.45 bits per heavy atom. The summed E-state index contributed by atoms with van der Waals surface area (Å²) in [4.78, 5) is 11.7. The number of nitrogens with one attached hydrogen (secondary N) is 2. The Morgan fingerprint density at radius 3 is 2.55 bits per heavy atom. The van der Waals surface area contributed by atoms with Crippen LogP contribution in [0.3, 0.4) is 0 Å². The van der Waals surface area contributed by atoms with Crippen molar-refractivity contribution in [1.29, 1.82) is 0 Å². The maximum absolute atomic E-state index is 11.7. The molecule has 0 heterocycles. The predicted octanol–water partition coefficient (Wildman–Crippen LogP) is 2.61. The molecular formula is C14H26N2O3S. The quantitative estimate of drug-likeness (QED) is 0.839. The minimum absolute atomic E-state index is 0.0860. The molecule has 5 nitrogen and oxygen atoms in total. The standard InChI is InChI=1S/C14H26N2O3S/c1-10(2)20(18)16-12-8-6-11(7-9-12)15-13(17)19-14(3,4)5/h8,10-11,16H,6-7,9H2,1-5H3,(H,15,17). The highest BCUT2D eigenvalue weighted by Gasteiger charge is 2.21. The van der Waals surface area contributed by atoms with Gasteiger partial charge in [0.15, 0.2) is 0 Å². The molecule has 1 amide bonds. The van der Waals surface area contributed by atoms with E-state index in [2.05, 4.69) is 10.0 Å². The second kappa shape index (κ2) is 7.11. The fourth-order valence-corrected chi connectivity index (χ4v) is 2.46. The van der Waals surface area contributed by atoms with Crippen LogP contribution in [0.25, 0.3) is 0 Å². The van der Waals surface area contributed by atoms with E-state index in [0.717, 1.165) is 25.0 Å². The summed E-state index contributed by atoms with van der Waals surface area (Å²) in [6.07, 6.45) is 3.98. The first-order chi connectivity index (χ1) is 9.17. The van der Waals surface area contributed by atoms with E-state index in [1.807, 2.05) is 40.7 Å². The molecule has 0 aromatic rings. The van der Waals surface area contributed by atoms with Gasteiger partial charge in [0, 0.05) is 17.0 Å². The number of hydrogen-bond donors (Lipinski definition) is 2. The van der Waals surface area contributed by atoms with Crippen LogP contribution in [-0.2, 0) is 15.7 Å². The molecule has 116 valence electrons. The average Bonchev–Trinajstić information content (AvgIpc) is 2.28. The topological polar surface area (TPSA) is 67.4 Å². The molecule has 0 bridgehead atoms. The summed E-state index contributed by atoms with van der Waals surface area (Å²) in [5.74, 6) is 0. The maximum atomic E-state index is 11.7. The van der Waals surface area contributed by atoms with Crippen LogP contribution in [0.4, 0.5) is 4.79 Å². The van der Waals surface area contributed by atoms with Crippen LogP contribution < -0.4 is 10.0 Å². The molecule has 2 unspecified atom stereocenters. The molecule has 2 atom stereocenters. The summed E-state index contributed by atoms with van der Waals surface area (Å²) >= 11 is 0. The molecule has 0 spiro atoms. The molecular weight excluding hydrogens is 276 g/mol. The zero-order valence-electron chi connectivity index (χ0n) is 13.0. The molecule has 0 radical (unpaired) electrons. The van der Waals surface area contributed by atoms with Gasteiger partial charge < -0.3 is 14.8 Å². The lowest BCUT2D eigenvalue weighted by Gasteiger charge is -2.26. The number of ether oxygens (including phenoxy) is 1. The Labute approximate surface area is 124 Å². The fourth-order valence-electron chi connectivity index (χ4n) is 1.78. The summed E-state index contributed by atoms with van der Waals surface area (Å²) in [5, 5.41) is 2.95. The van der Waals surface area contributed by atoms with E-state index in [9.17, 15) is 9.00 Å². The minimum Gasteiger partial charge on any atom is -0.444 e. The first-order valence-corrected chi connectivity index (χ1v) is 8.24. The highest BCUT2D eigenvalue weighted by molar-refractivity contribution is 7.83. The van der Waals surface area contributed by atoms with Gasteiger partial charge in [-0.1, -0.05) is 6.08 Å².